The van der Waals surface area contributed by atoms with Gasteiger partial charge in [-0.1, -0.05) is 47.5 Å². The molecule has 2 aromatic rings. The van der Waals surface area contributed by atoms with Gasteiger partial charge in [0.2, 0.25) is 5.91 Å². The number of carbonyl (C=O) groups is 1. The number of rotatable bonds is 6. The summed E-state index contributed by atoms with van der Waals surface area (Å²) in [7, 11) is 0. The minimum absolute atomic E-state index is 0.0175. The molecule has 1 N–H and O–H groups in total. The van der Waals surface area contributed by atoms with Crippen LogP contribution in [0.3, 0.4) is 0 Å². The highest BCUT2D eigenvalue weighted by atomic mass is 16.5. The molecule has 0 aliphatic rings. The van der Waals surface area contributed by atoms with Crippen LogP contribution in [0.2, 0.25) is 0 Å². The zero-order valence-electron chi connectivity index (χ0n) is 13.4. The van der Waals surface area contributed by atoms with Crippen LogP contribution in [0.25, 0.3) is 0 Å². The third-order valence-electron chi connectivity index (χ3n) is 3.41. The molecule has 0 spiro atoms. The van der Waals surface area contributed by atoms with Crippen molar-refractivity contribution < 1.29 is 9.53 Å². The zero-order valence-corrected chi connectivity index (χ0v) is 13.4. The summed E-state index contributed by atoms with van der Waals surface area (Å²) in [6.45, 7) is 6.48. The average Bonchev–Trinajstić information content (AvgIpc) is 2.49. The fraction of sp³-hybridized carbons (Fsp3) is 0.316. The summed E-state index contributed by atoms with van der Waals surface area (Å²) in [5, 5.41) is 2.96. The second kappa shape index (κ2) is 7.64. The first-order valence-electron chi connectivity index (χ1n) is 7.57. The largest absolute Gasteiger partial charge is 0.491 e. The van der Waals surface area contributed by atoms with Crippen molar-refractivity contribution >= 4 is 5.91 Å². The van der Waals surface area contributed by atoms with Crippen LogP contribution in [0, 0.1) is 13.8 Å². The van der Waals surface area contributed by atoms with Crippen LogP contribution in [0.1, 0.15) is 23.6 Å². The number of amides is 1. The molecule has 0 aliphatic heterocycles. The fourth-order valence-corrected chi connectivity index (χ4v) is 2.11. The van der Waals surface area contributed by atoms with E-state index in [2.05, 4.69) is 5.32 Å². The standard InChI is InChI=1S/C19H23NO2/c1-14-4-8-17(9-5-14)12-19(21)20-16(3)13-22-18-10-6-15(2)7-11-18/h4-11,16H,12-13H2,1-3H3,(H,20,21). The molecular weight excluding hydrogens is 274 g/mol. The topological polar surface area (TPSA) is 38.3 Å². The van der Waals surface area contributed by atoms with Crippen molar-refractivity contribution in [3.05, 3.63) is 65.2 Å². The van der Waals surface area contributed by atoms with Crippen LogP contribution >= 0.6 is 0 Å². The Balaban J connectivity index is 1.76. The highest BCUT2D eigenvalue weighted by molar-refractivity contribution is 5.78. The van der Waals surface area contributed by atoms with Crippen LogP contribution in [0.15, 0.2) is 48.5 Å². The third kappa shape index (κ3) is 5.24. The molecule has 116 valence electrons. The van der Waals surface area contributed by atoms with E-state index in [0.717, 1.165) is 11.3 Å². The number of hydrogen-bond donors (Lipinski definition) is 1. The second-order valence-corrected chi connectivity index (χ2v) is 5.75. The molecule has 3 heteroatoms. The van der Waals surface area contributed by atoms with E-state index >= 15 is 0 Å². The minimum atomic E-state index is -0.0285. The lowest BCUT2D eigenvalue weighted by atomic mass is 10.1. The molecule has 0 aromatic heterocycles. The first kappa shape index (κ1) is 16.1. The number of benzene rings is 2. The van der Waals surface area contributed by atoms with Crippen molar-refractivity contribution in [2.75, 3.05) is 6.61 Å². The summed E-state index contributed by atoms with van der Waals surface area (Å²) in [6, 6.07) is 15.9. The Hall–Kier alpha value is -2.29. The van der Waals surface area contributed by atoms with Crippen molar-refractivity contribution in [1.29, 1.82) is 0 Å². The van der Waals surface area contributed by atoms with Gasteiger partial charge in [0.1, 0.15) is 12.4 Å². The van der Waals surface area contributed by atoms with Gasteiger partial charge in [0.15, 0.2) is 0 Å². The summed E-state index contributed by atoms with van der Waals surface area (Å²) < 4.78 is 5.67. The summed E-state index contributed by atoms with van der Waals surface area (Å²) >= 11 is 0. The molecule has 0 bridgehead atoms. The number of nitrogens with one attached hydrogen (secondary N) is 1. The maximum absolute atomic E-state index is 12.0. The van der Waals surface area contributed by atoms with Gasteiger partial charge in [0.25, 0.3) is 0 Å². The van der Waals surface area contributed by atoms with Gasteiger partial charge in [-0.3, -0.25) is 4.79 Å². The quantitative estimate of drug-likeness (QED) is 0.887. The Morgan fingerprint density at radius 3 is 2.14 bits per heavy atom. The smallest absolute Gasteiger partial charge is 0.224 e. The monoisotopic (exact) mass is 297 g/mol. The molecule has 0 radical (unpaired) electrons. The first-order chi connectivity index (χ1) is 10.5. The molecule has 0 heterocycles. The van der Waals surface area contributed by atoms with Crippen molar-refractivity contribution in [3.8, 4) is 5.75 Å². The van der Waals surface area contributed by atoms with Gasteiger partial charge < -0.3 is 10.1 Å². The van der Waals surface area contributed by atoms with E-state index in [-0.39, 0.29) is 11.9 Å². The molecule has 2 aromatic carbocycles. The lowest BCUT2D eigenvalue weighted by Gasteiger charge is -2.15. The predicted octanol–water partition coefficient (Wildman–Crippen LogP) is 3.43. The van der Waals surface area contributed by atoms with E-state index in [1.165, 1.54) is 11.1 Å². The van der Waals surface area contributed by atoms with Gasteiger partial charge in [0, 0.05) is 0 Å². The molecule has 1 amide bonds. The van der Waals surface area contributed by atoms with Crippen LogP contribution in [0.5, 0.6) is 5.75 Å². The molecule has 1 atom stereocenters. The van der Waals surface area contributed by atoms with Gasteiger partial charge in [-0.25, -0.2) is 0 Å². The molecule has 0 fully saturated rings. The fourth-order valence-electron chi connectivity index (χ4n) is 2.11. The molecule has 0 aliphatic carbocycles. The zero-order chi connectivity index (χ0) is 15.9. The van der Waals surface area contributed by atoms with E-state index in [4.69, 9.17) is 4.74 Å². The molecule has 3 nitrogen and oxygen atoms in total. The highest BCUT2D eigenvalue weighted by Crippen LogP contribution is 2.11. The van der Waals surface area contributed by atoms with Crippen molar-refractivity contribution in [1.82, 2.24) is 5.32 Å². The summed E-state index contributed by atoms with van der Waals surface area (Å²) in [6.07, 6.45) is 0.398. The van der Waals surface area contributed by atoms with E-state index in [1.807, 2.05) is 69.3 Å². The Morgan fingerprint density at radius 1 is 1.00 bits per heavy atom. The Labute approximate surface area is 132 Å². The van der Waals surface area contributed by atoms with E-state index in [9.17, 15) is 4.79 Å². The number of aryl methyl sites for hydroxylation is 2. The SMILES string of the molecule is Cc1ccc(CC(=O)NC(C)COc2ccc(C)cc2)cc1. The minimum Gasteiger partial charge on any atom is -0.491 e. The van der Waals surface area contributed by atoms with Crippen LogP contribution in [0.4, 0.5) is 0 Å². The van der Waals surface area contributed by atoms with Crippen molar-refractivity contribution in [2.45, 2.75) is 33.2 Å². The number of hydrogen-bond acceptors (Lipinski definition) is 2. The molecule has 0 saturated heterocycles. The van der Waals surface area contributed by atoms with Gasteiger partial charge in [-0.2, -0.15) is 0 Å². The van der Waals surface area contributed by atoms with E-state index < -0.39 is 0 Å². The average molecular weight is 297 g/mol. The maximum atomic E-state index is 12.0. The van der Waals surface area contributed by atoms with Gasteiger partial charge >= 0.3 is 0 Å². The Bertz CT molecular complexity index is 602. The molecule has 1 unspecified atom stereocenters. The molecule has 2 rings (SSSR count). The molecule has 22 heavy (non-hydrogen) atoms. The van der Waals surface area contributed by atoms with Gasteiger partial charge in [0.05, 0.1) is 12.5 Å². The summed E-state index contributed by atoms with van der Waals surface area (Å²) in [4.78, 5) is 12.0. The number of carbonyl (C=O) groups excluding carboxylic acids is 1. The van der Waals surface area contributed by atoms with Crippen molar-refractivity contribution in [3.63, 3.8) is 0 Å². The van der Waals surface area contributed by atoms with E-state index in [1.54, 1.807) is 0 Å². The van der Waals surface area contributed by atoms with Gasteiger partial charge in [-0.15, -0.1) is 0 Å². The predicted molar refractivity (Wildman–Crippen MR) is 89.2 cm³/mol. The lowest BCUT2D eigenvalue weighted by molar-refractivity contribution is -0.121. The van der Waals surface area contributed by atoms with E-state index in [0.29, 0.717) is 13.0 Å². The summed E-state index contributed by atoms with van der Waals surface area (Å²) in [5.41, 5.74) is 3.42. The first-order valence-corrected chi connectivity index (χ1v) is 7.57. The van der Waals surface area contributed by atoms with Gasteiger partial charge in [-0.05, 0) is 38.5 Å². The highest BCUT2D eigenvalue weighted by Gasteiger charge is 2.09. The normalized spacial score (nSPS) is 11.8. The van der Waals surface area contributed by atoms with Crippen molar-refractivity contribution in [2.24, 2.45) is 0 Å². The second-order valence-electron chi connectivity index (χ2n) is 5.75. The van der Waals surface area contributed by atoms with Crippen LogP contribution in [-0.2, 0) is 11.2 Å². The molecular formula is C19H23NO2. The van der Waals surface area contributed by atoms with Crippen LogP contribution in [-0.4, -0.2) is 18.6 Å². The molecule has 0 saturated carbocycles. The Morgan fingerprint density at radius 2 is 1.55 bits per heavy atom. The lowest BCUT2D eigenvalue weighted by Crippen LogP contribution is -2.37. The number of ether oxygens (including phenoxy) is 1. The summed E-state index contributed by atoms with van der Waals surface area (Å²) in [5.74, 6) is 0.842. The maximum Gasteiger partial charge on any atom is 0.224 e. The Kier molecular flexibility index (Phi) is 5.59. The third-order valence-corrected chi connectivity index (χ3v) is 3.41. The van der Waals surface area contributed by atoms with Crippen LogP contribution < -0.4 is 10.1 Å².